The summed E-state index contributed by atoms with van der Waals surface area (Å²) in [5.74, 6) is 0. The monoisotopic (exact) mass is 341 g/mol. The van der Waals surface area contributed by atoms with Gasteiger partial charge in [0.15, 0.2) is 0 Å². The van der Waals surface area contributed by atoms with Crippen molar-refractivity contribution in [3.63, 3.8) is 0 Å². The van der Waals surface area contributed by atoms with Crippen LogP contribution in [-0.2, 0) is 10.0 Å². The van der Waals surface area contributed by atoms with Gasteiger partial charge in [-0.3, -0.25) is 4.72 Å². The van der Waals surface area contributed by atoms with E-state index in [1.165, 1.54) is 6.07 Å². The van der Waals surface area contributed by atoms with Crippen molar-refractivity contribution in [2.45, 2.75) is 4.21 Å². The summed E-state index contributed by atoms with van der Waals surface area (Å²) in [7, 11) is 0.218. The minimum Gasteiger partial charge on any atom is -0.389 e. The van der Waals surface area contributed by atoms with Crippen LogP contribution in [0.5, 0.6) is 0 Å². The number of nitrogens with one attached hydrogen (secondary N) is 1. The third kappa shape index (κ3) is 3.72. The van der Waals surface area contributed by atoms with Crippen LogP contribution in [0.4, 0.5) is 11.4 Å². The second kappa shape index (κ2) is 6.00. The first kappa shape index (κ1) is 15.7. The van der Waals surface area contributed by atoms with Gasteiger partial charge in [-0.1, -0.05) is 12.2 Å². The normalized spacial score (nSPS) is 11.1. The fourth-order valence-corrected chi connectivity index (χ4v) is 4.04. The summed E-state index contributed by atoms with van der Waals surface area (Å²) in [5, 5.41) is 0. The lowest BCUT2D eigenvalue weighted by Crippen LogP contribution is -2.12. The molecule has 1 aromatic carbocycles. The number of thiocarbonyl (C=S) groups is 1. The van der Waals surface area contributed by atoms with E-state index in [4.69, 9.17) is 18.0 Å². The van der Waals surface area contributed by atoms with Crippen LogP contribution in [0, 0.1) is 0 Å². The molecule has 3 N–H and O–H groups in total. The van der Waals surface area contributed by atoms with E-state index >= 15 is 0 Å². The van der Waals surface area contributed by atoms with Crippen molar-refractivity contribution in [1.82, 2.24) is 0 Å². The molecule has 1 aromatic heterocycles. The Kier molecular flexibility index (Phi) is 4.50. The highest BCUT2D eigenvalue weighted by Crippen LogP contribution is 2.25. The zero-order chi connectivity index (χ0) is 15.6. The molecule has 0 aliphatic rings. The van der Waals surface area contributed by atoms with Gasteiger partial charge in [0.25, 0.3) is 10.0 Å². The van der Waals surface area contributed by atoms with Crippen LogP contribution in [0.1, 0.15) is 4.88 Å². The molecule has 2 rings (SSSR count). The predicted octanol–water partition coefficient (Wildman–Crippen LogP) is 2.25. The van der Waals surface area contributed by atoms with E-state index in [0.717, 1.165) is 17.0 Å². The number of hydrogen-bond acceptors (Lipinski definition) is 5. The van der Waals surface area contributed by atoms with Gasteiger partial charge in [0, 0.05) is 25.5 Å². The Hall–Kier alpha value is -1.64. The van der Waals surface area contributed by atoms with Crippen molar-refractivity contribution in [2.24, 2.45) is 5.73 Å². The smallest absolute Gasteiger partial charge is 0.271 e. The molecule has 0 amide bonds. The second-order valence-corrected chi connectivity index (χ2v) is 7.96. The van der Waals surface area contributed by atoms with Crippen molar-refractivity contribution in [1.29, 1.82) is 0 Å². The van der Waals surface area contributed by atoms with Gasteiger partial charge in [-0.15, -0.1) is 11.3 Å². The Labute approximate surface area is 133 Å². The highest BCUT2D eigenvalue weighted by molar-refractivity contribution is 7.94. The summed E-state index contributed by atoms with van der Waals surface area (Å²) in [6.45, 7) is 0. The molecule has 0 bridgehead atoms. The first-order valence-corrected chi connectivity index (χ1v) is 8.70. The zero-order valence-electron chi connectivity index (χ0n) is 11.5. The van der Waals surface area contributed by atoms with E-state index in [0.29, 0.717) is 10.6 Å². The van der Waals surface area contributed by atoms with Crippen molar-refractivity contribution >= 4 is 49.9 Å². The minimum absolute atomic E-state index is 0.182. The van der Waals surface area contributed by atoms with Crippen LogP contribution >= 0.6 is 23.6 Å². The minimum atomic E-state index is -3.62. The van der Waals surface area contributed by atoms with E-state index in [9.17, 15) is 8.42 Å². The molecule has 0 aliphatic heterocycles. The van der Waals surface area contributed by atoms with E-state index < -0.39 is 10.0 Å². The number of benzene rings is 1. The molecule has 0 unspecified atom stereocenters. The van der Waals surface area contributed by atoms with Gasteiger partial charge in [-0.05, 0) is 36.4 Å². The SMILES string of the molecule is CN(C)c1ccc(NS(=O)(=O)c2ccc(C(N)=S)s2)cc1. The highest BCUT2D eigenvalue weighted by atomic mass is 32.2. The van der Waals surface area contributed by atoms with E-state index in [-0.39, 0.29) is 9.20 Å². The first-order chi connectivity index (χ1) is 9.79. The average molecular weight is 341 g/mol. The Morgan fingerprint density at radius 1 is 1.19 bits per heavy atom. The van der Waals surface area contributed by atoms with Crippen LogP contribution in [0.3, 0.4) is 0 Å². The first-order valence-electron chi connectivity index (χ1n) is 5.99. The summed E-state index contributed by atoms with van der Waals surface area (Å²) in [5.41, 5.74) is 6.99. The van der Waals surface area contributed by atoms with Crippen LogP contribution in [0.2, 0.25) is 0 Å². The van der Waals surface area contributed by atoms with Crippen molar-refractivity contribution in [3.8, 4) is 0 Å². The Balaban J connectivity index is 2.22. The highest BCUT2D eigenvalue weighted by Gasteiger charge is 2.17. The van der Waals surface area contributed by atoms with Crippen molar-refractivity contribution in [3.05, 3.63) is 41.3 Å². The van der Waals surface area contributed by atoms with E-state index in [1.807, 2.05) is 31.1 Å². The fourth-order valence-electron chi connectivity index (χ4n) is 1.63. The molecule has 8 heteroatoms. The van der Waals surface area contributed by atoms with E-state index in [1.54, 1.807) is 18.2 Å². The summed E-state index contributed by atoms with van der Waals surface area (Å²) in [4.78, 5) is 2.71. The lowest BCUT2D eigenvalue weighted by Gasteiger charge is -2.13. The fraction of sp³-hybridized carbons (Fsp3) is 0.154. The predicted molar refractivity (Wildman–Crippen MR) is 91.8 cm³/mol. The van der Waals surface area contributed by atoms with Crippen LogP contribution < -0.4 is 15.4 Å². The maximum atomic E-state index is 12.3. The number of anilines is 2. The third-order valence-electron chi connectivity index (χ3n) is 2.72. The standard InChI is InChI=1S/C13H15N3O2S3/c1-16(2)10-5-3-9(4-6-10)15-21(17,18)12-8-7-11(20-12)13(14)19/h3-8,15H,1-2H3,(H2,14,19). The lowest BCUT2D eigenvalue weighted by atomic mass is 10.3. The van der Waals surface area contributed by atoms with E-state index in [2.05, 4.69) is 4.72 Å². The van der Waals surface area contributed by atoms with Gasteiger partial charge in [0.05, 0.1) is 4.88 Å². The number of hydrogen-bond donors (Lipinski definition) is 2. The van der Waals surface area contributed by atoms with Gasteiger partial charge in [0.1, 0.15) is 9.20 Å². The Morgan fingerprint density at radius 3 is 2.29 bits per heavy atom. The molecule has 0 saturated carbocycles. The van der Waals surface area contributed by atoms with Crippen LogP contribution in [0.15, 0.2) is 40.6 Å². The topological polar surface area (TPSA) is 75.4 Å². The van der Waals surface area contributed by atoms with Gasteiger partial charge >= 0.3 is 0 Å². The van der Waals surface area contributed by atoms with Gasteiger partial charge < -0.3 is 10.6 Å². The average Bonchev–Trinajstić information content (AvgIpc) is 2.89. The molecule has 0 aliphatic carbocycles. The van der Waals surface area contributed by atoms with Crippen molar-refractivity contribution in [2.75, 3.05) is 23.7 Å². The number of nitrogens with two attached hydrogens (primary N) is 1. The molecular weight excluding hydrogens is 326 g/mol. The van der Waals surface area contributed by atoms with Gasteiger partial charge in [0.2, 0.25) is 0 Å². The largest absolute Gasteiger partial charge is 0.389 e. The maximum absolute atomic E-state index is 12.3. The Bertz CT molecular complexity index is 749. The molecule has 21 heavy (non-hydrogen) atoms. The number of thiophene rings is 1. The lowest BCUT2D eigenvalue weighted by molar-refractivity contribution is 0.603. The molecule has 0 saturated heterocycles. The molecule has 0 spiro atoms. The van der Waals surface area contributed by atoms with Gasteiger partial charge in [-0.25, -0.2) is 8.42 Å². The van der Waals surface area contributed by atoms with Gasteiger partial charge in [-0.2, -0.15) is 0 Å². The zero-order valence-corrected chi connectivity index (χ0v) is 14.0. The summed E-state index contributed by atoms with van der Waals surface area (Å²) in [6.07, 6.45) is 0. The van der Waals surface area contributed by atoms with Crippen LogP contribution in [0.25, 0.3) is 0 Å². The molecule has 112 valence electrons. The molecule has 5 nitrogen and oxygen atoms in total. The molecular formula is C13H15N3O2S3. The summed E-state index contributed by atoms with van der Waals surface area (Å²) < 4.78 is 27.2. The number of rotatable bonds is 5. The molecule has 1 heterocycles. The second-order valence-electron chi connectivity index (χ2n) is 4.53. The summed E-state index contributed by atoms with van der Waals surface area (Å²) >= 11 is 5.89. The Morgan fingerprint density at radius 2 is 1.81 bits per heavy atom. The van der Waals surface area contributed by atoms with Crippen molar-refractivity contribution < 1.29 is 8.42 Å². The third-order valence-corrected chi connectivity index (χ3v) is 6.07. The molecule has 2 aromatic rings. The number of sulfonamides is 1. The molecule has 0 atom stereocenters. The molecule has 0 radical (unpaired) electrons. The number of nitrogens with zero attached hydrogens (tertiary/aromatic N) is 1. The quantitative estimate of drug-likeness (QED) is 0.816. The maximum Gasteiger partial charge on any atom is 0.271 e. The van der Waals surface area contributed by atoms with Crippen LogP contribution in [-0.4, -0.2) is 27.5 Å². The molecule has 0 fully saturated rings. The summed E-state index contributed by atoms with van der Waals surface area (Å²) in [6, 6.07) is 10.2.